The van der Waals surface area contributed by atoms with Crippen molar-refractivity contribution in [1.29, 1.82) is 0 Å². The topological polar surface area (TPSA) is 65.7 Å². The van der Waals surface area contributed by atoms with Crippen LogP contribution in [0, 0.1) is 0 Å². The quantitative estimate of drug-likeness (QED) is 0.817. The Balaban J connectivity index is 1.74. The van der Waals surface area contributed by atoms with E-state index >= 15 is 0 Å². The molecule has 5 heteroatoms. The summed E-state index contributed by atoms with van der Waals surface area (Å²) in [6, 6.07) is 3.51. The van der Waals surface area contributed by atoms with E-state index in [1.165, 1.54) is 0 Å². The van der Waals surface area contributed by atoms with Crippen LogP contribution in [0.4, 0.5) is 0 Å². The van der Waals surface area contributed by atoms with E-state index in [-0.39, 0.29) is 11.9 Å². The lowest BCUT2D eigenvalue weighted by Crippen LogP contribution is -2.63. The predicted octanol–water partition coefficient (Wildman–Crippen LogP) is 0.913. The third-order valence-corrected chi connectivity index (χ3v) is 3.41. The molecule has 1 saturated heterocycles. The number of carbonyl (C=O) groups is 1. The molecule has 2 heterocycles. The van der Waals surface area contributed by atoms with E-state index in [0.717, 1.165) is 12.2 Å². The van der Waals surface area contributed by atoms with Gasteiger partial charge in [-0.3, -0.25) is 9.69 Å². The van der Waals surface area contributed by atoms with E-state index in [2.05, 4.69) is 5.32 Å². The average Bonchev–Trinajstić information content (AvgIpc) is 2.79. The number of β-amino-alcohol motifs (C(OH)–C–C–N with tert-alkyl or cyclic N) is 1. The molecule has 5 nitrogen and oxygen atoms in total. The molecular weight excluding hydrogens is 232 g/mol. The van der Waals surface area contributed by atoms with Gasteiger partial charge >= 0.3 is 0 Å². The lowest BCUT2D eigenvalue weighted by Gasteiger charge is -2.45. The highest BCUT2D eigenvalue weighted by molar-refractivity contribution is 5.78. The first-order chi connectivity index (χ1) is 8.52. The van der Waals surface area contributed by atoms with Crippen LogP contribution in [0.3, 0.4) is 0 Å². The van der Waals surface area contributed by atoms with Crippen LogP contribution in [0.2, 0.25) is 0 Å². The molecule has 1 unspecified atom stereocenters. The van der Waals surface area contributed by atoms with Crippen molar-refractivity contribution in [2.75, 3.05) is 19.6 Å². The smallest absolute Gasteiger partial charge is 0.234 e. The van der Waals surface area contributed by atoms with Crippen molar-refractivity contribution in [3.8, 4) is 0 Å². The van der Waals surface area contributed by atoms with Crippen LogP contribution < -0.4 is 5.32 Å². The van der Waals surface area contributed by atoms with Crippen molar-refractivity contribution in [2.24, 2.45) is 0 Å². The van der Waals surface area contributed by atoms with Crippen LogP contribution in [0.15, 0.2) is 22.8 Å². The second-order valence-electron chi connectivity index (χ2n) is 5.03. The third-order valence-electron chi connectivity index (χ3n) is 3.41. The maximum Gasteiger partial charge on any atom is 0.234 e. The summed E-state index contributed by atoms with van der Waals surface area (Å²) >= 11 is 0. The lowest BCUT2D eigenvalue weighted by atomic mass is 9.91. The fourth-order valence-corrected chi connectivity index (χ4v) is 2.22. The zero-order chi connectivity index (χ0) is 13.2. The van der Waals surface area contributed by atoms with Gasteiger partial charge in [-0.25, -0.2) is 0 Å². The Morgan fingerprint density at radius 2 is 2.39 bits per heavy atom. The van der Waals surface area contributed by atoms with E-state index < -0.39 is 5.60 Å². The first kappa shape index (κ1) is 13.1. The summed E-state index contributed by atoms with van der Waals surface area (Å²) in [5.41, 5.74) is -0.590. The summed E-state index contributed by atoms with van der Waals surface area (Å²) in [7, 11) is 0. The van der Waals surface area contributed by atoms with Gasteiger partial charge in [0.25, 0.3) is 0 Å². The van der Waals surface area contributed by atoms with Crippen molar-refractivity contribution in [1.82, 2.24) is 10.2 Å². The molecule has 1 aromatic heterocycles. The van der Waals surface area contributed by atoms with Gasteiger partial charge in [-0.05, 0) is 25.5 Å². The van der Waals surface area contributed by atoms with Gasteiger partial charge in [0.15, 0.2) is 0 Å². The van der Waals surface area contributed by atoms with Crippen molar-refractivity contribution in [3.63, 3.8) is 0 Å². The number of aliphatic hydroxyl groups is 1. The highest BCUT2D eigenvalue weighted by Gasteiger charge is 2.39. The fraction of sp³-hybridized carbons (Fsp3) is 0.615. The molecule has 1 amide bonds. The van der Waals surface area contributed by atoms with Gasteiger partial charge in [-0.15, -0.1) is 0 Å². The number of rotatable bonds is 5. The van der Waals surface area contributed by atoms with Gasteiger partial charge < -0.3 is 14.8 Å². The Hall–Kier alpha value is -1.33. The molecule has 2 rings (SSSR count). The van der Waals surface area contributed by atoms with E-state index in [1.54, 1.807) is 12.3 Å². The van der Waals surface area contributed by atoms with E-state index in [4.69, 9.17) is 4.42 Å². The second kappa shape index (κ2) is 5.12. The molecule has 0 spiro atoms. The molecule has 0 aliphatic carbocycles. The largest absolute Gasteiger partial charge is 0.467 e. The molecule has 0 saturated carbocycles. The van der Waals surface area contributed by atoms with E-state index in [9.17, 15) is 9.90 Å². The zero-order valence-electron chi connectivity index (χ0n) is 10.8. The number of amides is 1. The molecular formula is C13H20N2O3. The van der Waals surface area contributed by atoms with Crippen molar-refractivity contribution in [2.45, 2.75) is 31.9 Å². The summed E-state index contributed by atoms with van der Waals surface area (Å²) in [4.78, 5) is 13.7. The van der Waals surface area contributed by atoms with Gasteiger partial charge in [-0.1, -0.05) is 6.92 Å². The Bertz CT molecular complexity index is 396. The first-order valence-electron chi connectivity index (χ1n) is 6.30. The van der Waals surface area contributed by atoms with Crippen LogP contribution in [-0.2, 0) is 4.79 Å². The Morgan fingerprint density at radius 3 is 2.94 bits per heavy atom. The molecule has 2 N–H and O–H groups in total. The number of nitrogens with zero attached hydrogens (tertiary/aromatic N) is 1. The first-order valence-corrected chi connectivity index (χ1v) is 6.30. The van der Waals surface area contributed by atoms with E-state index in [0.29, 0.717) is 19.6 Å². The van der Waals surface area contributed by atoms with Crippen LogP contribution in [0.1, 0.15) is 32.1 Å². The molecule has 1 aromatic rings. The Labute approximate surface area is 107 Å². The van der Waals surface area contributed by atoms with Gasteiger partial charge in [0.05, 0.1) is 24.5 Å². The normalized spacial score (nSPS) is 20.2. The fourth-order valence-electron chi connectivity index (χ4n) is 2.22. The van der Waals surface area contributed by atoms with Gasteiger partial charge in [-0.2, -0.15) is 0 Å². The third kappa shape index (κ3) is 2.91. The average molecular weight is 252 g/mol. The minimum absolute atomic E-state index is 0.0444. The molecule has 1 atom stereocenters. The lowest BCUT2D eigenvalue weighted by molar-refractivity contribution is -0.133. The zero-order valence-corrected chi connectivity index (χ0v) is 10.8. The molecule has 1 aliphatic rings. The van der Waals surface area contributed by atoms with Crippen molar-refractivity contribution < 1.29 is 14.3 Å². The maximum atomic E-state index is 11.8. The molecule has 1 fully saturated rings. The summed E-state index contributed by atoms with van der Waals surface area (Å²) in [6.45, 7) is 5.32. The molecule has 0 radical (unpaired) electrons. The van der Waals surface area contributed by atoms with Crippen LogP contribution in [-0.4, -0.2) is 41.1 Å². The summed E-state index contributed by atoms with van der Waals surface area (Å²) in [5.74, 6) is 0.703. The summed E-state index contributed by atoms with van der Waals surface area (Å²) in [6.07, 6.45) is 2.32. The number of hydrogen-bond donors (Lipinski definition) is 2. The minimum atomic E-state index is -0.590. The number of hydrogen-bond acceptors (Lipinski definition) is 4. The Morgan fingerprint density at radius 1 is 1.67 bits per heavy atom. The van der Waals surface area contributed by atoms with Gasteiger partial charge in [0.1, 0.15) is 5.76 Å². The van der Waals surface area contributed by atoms with E-state index in [1.807, 2.05) is 24.8 Å². The standard InChI is InChI=1S/C13H20N2O3/c1-3-13(17)8-15(9-13)7-12(16)14-10(2)11-5-4-6-18-11/h4-6,10,17H,3,7-9H2,1-2H3,(H,14,16). The second-order valence-corrected chi connectivity index (χ2v) is 5.03. The van der Waals surface area contributed by atoms with Crippen LogP contribution in [0.25, 0.3) is 0 Å². The molecule has 0 aromatic carbocycles. The molecule has 18 heavy (non-hydrogen) atoms. The summed E-state index contributed by atoms with van der Waals surface area (Å²) in [5, 5.41) is 12.7. The number of carbonyl (C=O) groups excluding carboxylic acids is 1. The minimum Gasteiger partial charge on any atom is -0.467 e. The predicted molar refractivity (Wildman–Crippen MR) is 66.9 cm³/mol. The monoisotopic (exact) mass is 252 g/mol. The molecule has 0 bridgehead atoms. The van der Waals surface area contributed by atoms with Gasteiger partial charge in [0.2, 0.25) is 5.91 Å². The van der Waals surface area contributed by atoms with Crippen molar-refractivity contribution in [3.05, 3.63) is 24.2 Å². The van der Waals surface area contributed by atoms with Gasteiger partial charge in [0, 0.05) is 13.1 Å². The highest BCUT2D eigenvalue weighted by Crippen LogP contribution is 2.23. The highest BCUT2D eigenvalue weighted by atomic mass is 16.3. The maximum absolute atomic E-state index is 11.8. The SMILES string of the molecule is CCC1(O)CN(CC(=O)NC(C)c2ccco2)C1. The number of nitrogens with one attached hydrogen (secondary N) is 1. The molecule has 100 valence electrons. The summed E-state index contributed by atoms with van der Waals surface area (Å²) < 4.78 is 5.22. The number of furan rings is 1. The molecule has 1 aliphatic heterocycles. The number of likely N-dealkylation sites (tertiary alicyclic amines) is 1. The van der Waals surface area contributed by atoms with Crippen LogP contribution in [0.5, 0.6) is 0 Å². The Kier molecular flexibility index (Phi) is 3.73. The van der Waals surface area contributed by atoms with Crippen LogP contribution >= 0.6 is 0 Å². The van der Waals surface area contributed by atoms with Crippen molar-refractivity contribution >= 4 is 5.91 Å².